The van der Waals surface area contributed by atoms with E-state index in [2.05, 4.69) is 25.9 Å². The Bertz CT molecular complexity index is 403. The number of anilines is 1. The lowest BCUT2D eigenvalue weighted by molar-refractivity contribution is 0.199. The van der Waals surface area contributed by atoms with E-state index in [0.717, 1.165) is 23.0 Å². The van der Waals surface area contributed by atoms with E-state index >= 15 is 0 Å². The van der Waals surface area contributed by atoms with Crippen molar-refractivity contribution in [2.45, 2.75) is 38.7 Å². The molecule has 2 rings (SSSR count). The Kier molecular flexibility index (Phi) is 3.86. The van der Waals surface area contributed by atoms with Crippen LogP contribution >= 0.6 is 15.9 Å². The molecule has 17 heavy (non-hydrogen) atoms. The van der Waals surface area contributed by atoms with Crippen LogP contribution in [0.4, 0.5) is 5.95 Å². The fraction of sp³-hybridized carbons (Fsp3) is 0.667. The first-order valence-electron chi connectivity index (χ1n) is 5.96. The van der Waals surface area contributed by atoms with Gasteiger partial charge in [-0.3, -0.25) is 0 Å². The molecule has 0 atom stereocenters. The average molecular weight is 300 g/mol. The fourth-order valence-corrected chi connectivity index (χ4v) is 2.23. The van der Waals surface area contributed by atoms with Crippen LogP contribution in [0, 0.1) is 6.92 Å². The number of nitrogens with zero attached hydrogens (tertiary/aromatic N) is 3. The maximum Gasteiger partial charge on any atom is 0.233 e. The highest BCUT2D eigenvalue weighted by Crippen LogP contribution is 2.31. The molecule has 0 aliphatic heterocycles. The molecule has 0 unspecified atom stereocenters. The van der Waals surface area contributed by atoms with E-state index in [4.69, 9.17) is 4.74 Å². The van der Waals surface area contributed by atoms with E-state index in [-0.39, 0.29) is 0 Å². The Balaban J connectivity index is 2.24. The first-order valence-corrected chi connectivity index (χ1v) is 6.75. The van der Waals surface area contributed by atoms with Crippen molar-refractivity contribution in [2.24, 2.45) is 0 Å². The molecule has 1 fully saturated rings. The van der Waals surface area contributed by atoms with E-state index in [1.165, 1.54) is 12.8 Å². The monoisotopic (exact) mass is 299 g/mol. The molecule has 1 aromatic heterocycles. The molecule has 5 heteroatoms. The van der Waals surface area contributed by atoms with Crippen molar-refractivity contribution < 1.29 is 4.74 Å². The summed E-state index contributed by atoms with van der Waals surface area (Å²) < 4.78 is 6.82. The van der Waals surface area contributed by atoms with Gasteiger partial charge < -0.3 is 9.64 Å². The second kappa shape index (κ2) is 5.21. The predicted molar refractivity (Wildman–Crippen MR) is 71.7 cm³/mol. The normalized spacial score (nSPS) is 16.2. The smallest absolute Gasteiger partial charge is 0.233 e. The lowest BCUT2D eigenvalue weighted by Crippen LogP contribution is -2.17. The third kappa shape index (κ3) is 2.89. The van der Waals surface area contributed by atoms with Crippen LogP contribution in [0.15, 0.2) is 4.47 Å². The second-order valence-corrected chi connectivity index (χ2v) is 5.44. The van der Waals surface area contributed by atoms with Crippen LogP contribution in [-0.2, 0) is 0 Å². The second-order valence-electron chi connectivity index (χ2n) is 4.65. The first-order chi connectivity index (χ1) is 8.08. The molecular formula is C12H18BrN3O. The van der Waals surface area contributed by atoms with Crippen LogP contribution < -0.4 is 9.64 Å². The minimum atomic E-state index is 0.315. The number of aromatic nitrogens is 2. The molecular weight excluding hydrogens is 282 g/mol. The van der Waals surface area contributed by atoms with Gasteiger partial charge in [-0.1, -0.05) is 0 Å². The Morgan fingerprint density at radius 1 is 1.24 bits per heavy atom. The molecule has 1 saturated carbocycles. The van der Waals surface area contributed by atoms with Gasteiger partial charge in [-0.25, -0.2) is 4.98 Å². The number of hydrogen-bond acceptors (Lipinski definition) is 4. The Morgan fingerprint density at radius 2 is 1.88 bits per heavy atom. The summed E-state index contributed by atoms with van der Waals surface area (Å²) in [4.78, 5) is 10.7. The molecule has 0 bridgehead atoms. The highest BCUT2D eigenvalue weighted by molar-refractivity contribution is 9.10. The van der Waals surface area contributed by atoms with Gasteiger partial charge in [0.15, 0.2) is 0 Å². The van der Waals surface area contributed by atoms with Crippen LogP contribution in [0.2, 0.25) is 0 Å². The predicted octanol–water partition coefficient (Wildman–Crippen LogP) is 2.93. The third-order valence-electron chi connectivity index (χ3n) is 2.96. The van der Waals surface area contributed by atoms with Gasteiger partial charge in [-0.15, -0.1) is 0 Å². The average Bonchev–Trinajstić information content (AvgIpc) is 2.77. The zero-order valence-corrected chi connectivity index (χ0v) is 12.1. The molecule has 0 N–H and O–H groups in total. The van der Waals surface area contributed by atoms with Gasteiger partial charge in [0, 0.05) is 14.1 Å². The summed E-state index contributed by atoms with van der Waals surface area (Å²) in [5.41, 5.74) is 0.914. The van der Waals surface area contributed by atoms with E-state index in [0.29, 0.717) is 17.9 Å². The topological polar surface area (TPSA) is 38.2 Å². The quantitative estimate of drug-likeness (QED) is 0.860. The zero-order chi connectivity index (χ0) is 12.4. The van der Waals surface area contributed by atoms with Gasteiger partial charge in [-0.05, 0) is 48.5 Å². The zero-order valence-electron chi connectivity index (χ0n) is 10.5. The molecule has 94 valence electrons. The molecule has 4 nitrogen and oxygen atoms in total. The van der Waals surface area contributed by atoms with Crippen LogP contribution in [0.25, 0.3) is 0 Å². The van der Waals surface area contributed by atoms with Crippen LogP contribution in [0.5, 0.6) is 5.88 Å². The highest BCUT2D eigenvalue weighted by Gasteiger charge is 2.20. The van der Waals surface area contributed by atoms with Crippen molar-refractivity contribution in [3.8, 4) is 5.88 Å². The molecule has 1 aliphatic rings. The minimum Gasteiger partial charge on any atom is -0.473 e. The third-order valence-corrected chi connectivity index (χ3v) is 3.87. The standard InChI is InChI=1S/C12H18BrN3O/c1-8-10(13)11(15-12(14-8)16(2)3)17-9-6-4-5-7-9/h9H,4-7H2,1-3H3. The summed E-state index contributed by atoms with van der Waals surface area (Å²) in [5.74, 6) is 1.37. The molecule has 0 radical (unpaired) electrons. The Hall–Kier alpha value is -0.840. The van der Waals surface area contributed by atoms with Gasteiger partial charge >= 0.3 is 0 Å². The molecule has 0 aromatic carbocycles. The molecule has 0 saturated heterocycles. The van der Waals surface area contributed by atoms with Crippen molar-refractivity contribution in [2.75, 3.05) is 19.0 Å². The largest absolute Gasteiger partial charge is 0.473 e. The summed E-state index contributed by atoms with van der Waals surface area (Å²) in [6.45, 7) is 1.96. The van der Waals surface area contributed by atoms with Gasteiger partial charge in [0.05, 0.1) is 5.69 Å². The SMILES string of the molecule is Cc1nc(N(C)C)nc(OC2CCCC2)c1Br. The van der Waals surface area contributed by atoms with E-state index in [9.17, 15) is 0 Å². The van der Waals surface area contributed by atoms with Gasteiger partial charge in [0.25, 0.3) is 0 Å². The lowest BCUT2D eigenvalue weighted by Gasteiger charge is -2.17. The Labute approximate surface area is 111 Å². The van der Waals surface area contributed by atoms with E-state index in [1.807, 2.05) is 25.9 Å². The molecule has 1 aliphatic carbocycles. The molecule has 1 aromatic rings. The number of aryl methyl sites for hydroxylation is 1. The maximum atomic E-state index is 5.95. The first kappa shape index (κ1) is 12.6. The van der Waals surface area contributed by atoms with Crippen LogP contribution in [0.1, 0.15) is 31.4 Å². The Morgan fingerprint density at radius 3 is 2.47 bits per heavy atom. The summed E-state index contributed by atoms with van der Waals surface area (Å²) in [6, 6.07) is 0. The maximum absolute atomic E-state index is 5.95. The van der Waals surface area contributed by atoms with Crippen molar-refractivity contribution in [3.05, 3.63) is 10.2 Å². The van der Waals surface area contributed by atoms with Gasteiger partial charge in [0.2, 0.25) is 11.8 Å². The number of rotatable bonds is 3. The van der Waals surface area contributed by atoms with Crippen LogP contribution in [-0.4, -0.2) is 30.2 Å². The number of hydrogen-bond donors (Lipinski definition) is 0. The van der Waals surface area contributed by atoms with Gasteiger partial charge in [-0.2, -0.15) is 4.98 Å². The summed E-state index contributed by atoms with van der Waals surface area (Å²) in [5, 5.41) is 0. The van der Waals surface area contributed by atoms with Crippen molar-refractivity contribution >= 4 is 21.9 Å². The highest BCUT2D eigenvalue weighted by atomic mass is 79.9. The van der Waals surface area contributed by atoms with E-state index in [1.54, 1.807) is 0 Å². The lowest BCUT2D eigenvalue weighted by atomic mass is 10.3. The number of halogens is 1. The van der Waals surface area contributed by atoms with Gasteiger partial charge in [0.1, 0.15) is 10.6 Å². The molecule has 0 spiro atoms. The van der Waals surface area contributed by atoms with Crippen molar-refractivity contribution in [1.29, 1.82) is 0 Å². The molecule has 1 heterocycles. The minimum absolute atomic E-state index is 0.315. The molecule has 0 amide bonds. The van der Waals surface area contributed by atoms with Crippen LogP contribution in [0.3, 0.4) is 0 Å². The number of ether oxygens (including phenoxy) is 1. The van der Waals surface area contributed by atoms with Crippen molar-refractivity contribution in [1.82, 2.24) is 9.97 Å². The van der Waals surface area contributed by atoms with Crippen molar-refractivity contribution in [3.63, 3.8) is 0 Å². The summed E-state index contributed by atoms with van der Waals surface area (Å²) in [7, 11) is 3.87. The van der Waals surface area contributed by atoms with E-state index < -0.39 is 0 Å². The summed E-state index contributed by atoms with van der Waals surface area (Å²) in [6.07, 6.45) is 5.09. The fourth-order valence-electron chi connectivity index (χ4n) is 1.96. The summed E-state index contributed by atoms with van der Waals surface area (Å²) >= 11 is 3.50.